The van der Waals surface area contributed by atoms with E-state index in [0.717, 1.165) is 29.8 Å². The second-order valence-corrected chi connectivity index (χ2v) is 5.95. The SMILES string of the molecule is COC1CCN2N=C(c3ccc(C#N)c(Cl)c3C)C(OC)C12. The number of rotatable bonds is 3. The summed E-state index contributed by atoms with van der Waals surface area (Å²) in [6, 6.07) is 5.83. The van der Waals surface area contributed by atoms with Crippen LogP contribution in [-0.4, -0.2) is 49.7 Å². The molecule has 116 valence electrons. The monoisotopic (exact) mass is 319 g/mol. The molecule has 2 heterocycles. The molecule has 0 saturated carbocycles. The van der Waals surface area contributed by atoms with E-state index in [0.29, 0.717) is 10.6 Å². The highest BCUT2D eigenvalue weighted by molar-refractivity contribution is 6.33. The molecule has 6 heteroatoms. The molecule has 3 unspecified atom stereocenters. The average molecular weight is 320 g/mol. The number of nitriles is 1. The molecular weight excluding hydrogens is 302 g/mol. The molecule has 2 aliphatic heterocycles. The molecule has 1 aromatic carbocycles. The fourth-order valence-electron chi connectivity index (χ4n) is 3.36. The summed E-state index contributed by atoms with van der Waals surface area (Å²) in [4.78, 5) is 0. The summed E-state index contributed by atoms with van der Waals surface area (Å²) in [6.07, 6.45) is 0.903. The number of fused-ring (bicyclic) bond motifs is 1. The second kappa shape index (κ2) is 5.88. The quantitative estimate of drug-likeness (QED) is 0.858. The first-order valence-corrected chi connectivity index (χ1v) is 7.60. The molecule has 1 fully saturated rings. The number of halogens is 1. The Bertz CT molecular complexity index is 668. The van der Waals surface area contributed by atoms with Crippen molar-refractivity contribution in [2.24, 2.45) is 5.10 Å². The molecule has 0 aromatic heterocycles. The number of ether oxygens (including phenoxy) is 2. The third kappa shape index (κ3) is 2.19. The van der Waals surface area contributed by atoms with Gasteiger partial charge in [0.2, 0.25) is 0 Å². The topological polar surface area (TPSA) is 57.8 Å². The highest BCUT2D eigenvalue weighted by Crippen LogP contribution is 2.34. The predicted molar refractivity (Wildman–Crippen MR) is 84.1 cm³/mol. The fraction of sp³-hybridized carbons (Fsp3) is 0.500. The average Bonchev–Trinajstić information content (AvgIpc) is 3.08. The van der Waals surface area contributed by atoms with E-state index in [-0.39, 0.29) is 18.2 Å². The zero-order chi connectivity index (χ0) is 15.9. The standard InChI is InChI=1S/C16H18ClN3O2/c1-9-11(5-4-10(8-18)13(9)17)14-16(22-3)15-12(21-2)6-7-20(15)19-14/h4-5,12,15-16H,6-7H2,1-3H3. The van der Waals surface area contributed by atoms with Gasteiger partial charge in [0.25, 0.3) is 0 Å². The van der Waals surface area contributed by atoms with E-state index in [1.165, 1.54) is 0 Å². The van der Waals surface area contributed by atoms with Gasteiger partial charge in [0.1, 0.15) is 18.2 Å². The van der Waals surface area contributed by atoms with Crippen molar-refractivity contribution in [2.75, 3.05) is 20.8 Å². The van der Waals surface area contributed by atoms with Crippen molar-refractivity contribution in [3.8, 4) is 6.07 Å². The van der Waals surface area contributed by atoms with E-state index in [4.69, 9.17) is 31.4 Å². The number of benzene rings is 1. The highest BCUT2D eigenvalue weighted by atomic mass is 35.5. The van der Waals surface area contributed by atoms with Gasteiger partial charge in [-0.3, -0.25) is 5.01 Å². The van der Waals surface area contributed by atoms with Gasteiger partial charge in [0.05, 0.1) is 22.4 Å². The summed E-state index contributed by atoms with van der Waals surface area (Å²) in [6.45, 7) is 2.76. The number of hydrogen-bond acceptors (Lipinski definition) is 5. The maximum Gasteiger partial charge on any atom is 0.126 e. The zero-order valence-corrected chi connectivity index (χ0v) is 13.6. The van der Waals surface area contributed by atoms with Crippen LogP contribution in [-0.2, 0) is 9.47 Å². The summed E-state index contributed by atoms with van der Waals surface area (Å²) in [5.74, 6) is 0. The van der Waals surface area contributed by atoms with Gasteiger partial charge < -0.3 is 9.47 Å². The number of hydrazone groups is 1. The first-order valence-electron chi connectivity index (χ1n) is 7.22. The normalized spacial score (nSPS) is 26.8. The van der Waals surface area contributed by atoms with Crippen molar-refractivity contribution in [3.63, 3.8) is 0 Å². The molecule has 3 rings (SSSR count). The van der Waals surface area contributed by atoms with Crippen LogP contribution in [0.5, 0.6) is 0 Å². The zero-order valence-electron chi connectivity index (χ0n) is 12.8. The molecule has 5 nitrogen and oxygen atoms in total. The summed E-state index contributed by atoms with van der Waals surface area (Å²) in [7, 11) is 3.41. The van der Waals surface area contributed by atoms with Gasteiger partial charge in [-0.05, 0) is 25.0 Å². The smallest absolute Gasteiger partial charge is 0.126 e. The van der Waals surface area contributed by atoms with Crippen LogP contribution in [0.1, 0.15) is 23.1 Å². The van der Waals surface area contributed by atoms with E-state index >= 15 is 0 Å². The van der Waals surface area contributed by atoms with E-state index in [2.05, 4.69) is 6.07 Å². The molecule has 0 spiro atoms. The Labute approximate surface area is 135 Å². The Hall–Kier alpha value is -1.61. The summed E-state index contributed by atoms with van der Waals surface area (Å²) in [5.41, 5.74) is 3.13. The molecule has 0 aliphatic carbocycles. The number of methoxy groups -OCH3 is 2. The molecule has 0 bridgehead atoms. The van der Waals surface area contributed by atoms with Gasteiger partial charge in [-0.1, -0.05) is 17.7 Å². The Kier molecular flexibility index (Phi) is 4.09. The Morgan fingerprint density at radius 1 is 1.36 bits per heavy atom. The first-order chi connectivity index (χ1) is 10.6. The van der Waals surface area contributed by atoms with Crippen LogP contribution >= 0.6 is 11.6 Å². The van der Waals surface area contributed by atoms with Crippen LogP contribution in [0.2, 0.25) is 5.02 Å². The van der Waals surface area contributed by atoms with Crippen LogP contribution in [0.25, 0.3) is 0 Å². The van der Waals surface area contributed by atoms with Gasteiger partial charge >= 0.3 is 0 Å². The largest absolute Gasteiger partial charge is 0.379 e. The van der Waals surface area contributed by atoms with Crippen molar-refractivity contribution in [1.29, 1.82) is 5.26 Å². The lowest BCUT2D eigenvalue weighted by Gasteiger charge is -2.25. The maximum atomic E-state index is 9.08. The van der Waals surface area contributed by atoms with Gasteiger partial charge in [-0.2, -0.15) is 10.4 Å². The maximum absolute atomic E-state index is 9.08. The lowest BCUT2D eigenvalue weighted by Crippen LogP contribution is -2.42. The minimum absolute atomic E-state index is 0.0961. The molecule has 3 atom stereocenters. The molecule has 1 saturated heterocycles. The third-order valence-corrected chi connectivity index (χ3v) is 5.01. The molecular formula is C16H18ClN3O2. The number of nitrogens with zero attached hydrogens (tertiary/aromatic N) is 3. The van der Waals surface area contributed by atoms with E-state index in [1.807, 2.05) is 18.0 Å². The van der Waals surface area contributed by atoms with Crippen LogP contribution in [0.15, 0.2) is 17.2 Å². The van der Waals surface area contributed by atoms with Crippen molar-refractivity contribution in [1.82, 2.24) is 5.01 Å². The molecule has 22 heavy (non-hydrogen) atoms. The Morgan fingerprint density at radius 2 is 2.14 bits per heavy atom. The van der Waals surface area contributed by atoms with Crippen molar-refractivity contribution < 1.29 is 9.47 Å². The fourth-order valence-corrected chi connectivity index (χ4v) is 3.57. The molecule has 1 aromatic rings. The lowest BCUT2D eigenvalue weighted by atomic mass is 9.94. The van der Waals surface area contributed by atoms with Crippen LogP contribution in [0.3, 0.4) is 0 Å². The predicted octanol–water partition coefficient (Wildman–Crippen LogP) is 2.34. The minimum Gasteiger partial charge on any atom is -0.379 e. The molecule has 0 N–H and O–H groups in total. The lowest BCUT2D eigenvalue weighted by molar-refractivity contribution is 0.0153. The van der Waals surface area contributed by atoms with E-state index in [9.17, 15) is 0 Å². The number of hydrogen-bond donors (Lipinski definition) is 0. The van der Waals surface area contributed by atoms with Crippen molar-refractivity contribution in [3.05, 3.63) is 33.8 Å². The van der Waals surface area contributed by atoms with Gasteiger partial charge in [0, 0.05) is 26.3 Å². The first kappa shape index (κ1) is 15.3. The minimum atomic E-state index is -0.157. The molecule has 2 aliphatic rings. The molecule has 0 amide bonds. The van der Waals surface area contributed by atoms with Crippen LogP contribution < -0.4 is 0 Å². The molecule has 0 radical (unpaired) electrons. The highest BCUT2D eigenvalue weighted by Gasteiger charge is 2.47. The van der Waals surface area contributed by atoms with Crippen LogP contribution in [0.4, 0.5) is 0 Å². The van der Waals surface area contributed by atoms with Crippen molar-refractivity contribution in [2.45, 2.75) is 31.6 Å². The Balaban J connectivity index is 2.03. The third-order valence-electron chi connectivity index (χ3n) is 4.52. The van der Waals surface area contributed by atoms with E-state index in [1.54, 1.807) is 20.3 Å². The van der Waals surface area contributed by atoms with Crippen LogP contribution in [0, 0.1) is 18.3 Å². The van der Waals surface area contributed by atoms with Crippen molar-refractivity contribution >= 4 is 17.3 Å². The van der Waals surface area contributed by atoms with Gasteiger partial charge in [-0.25, -0.2) is 0 Å². The van der Waals surface area contributed by atoms with E-state index < -0.39 is 0 Å². The van der Waals surface area contributed by atoms with Gasteiger partial charge in [-0.15, -0.1) is 0 Å². The summed E-state index contributed by atoms with van der Waals surface area (Å²) in [5, 5.41) is 16.3. The Morgan fingerprint density at radius 3 is 2.77 bits per heavy atom. The second-order valence-electron chi connectivity index (χ2n) is 5.57. The summed E-state index contributed by atoms with van der Waals surface area (Å²) < 4.78 is 11.3. The van der Waals surface area contributed by atoms with Gasteiger partial charge in [0.15, 0.2) is 0 Å². The summed E-state index contributed by atoms with van der Waals surface area (Å²) >= 11 is 6.29.